The van der Waals surface area contributed by atoms with E-state index >= 15 is 0 Å². The van der Waals surface area contributed by atoms with Crippen molar-refractivity contribution in [2.45, 2.75) is 18.9 Å². The third-order valence-corrected chi connectivity index (χ3v) is 4.21. The molecule has 4 nitrogen and oxygen atoms in total. The minimum atomic E-state index is -0.322. The Morgan fingerprint density at radius 2 is 1.60 bits per heavy atom. The predicted octanol–water partition coefficient (Wildman–Crippen LogP) is 1.64. The van der Waals surface area contributed by atoms with Crippen LogP contribution in [0.3, 0.4) is 0 Å². The summed E-state index contributed by atoms with van der Waals surface area (Å²) < 4.78 is 0. The van der Waals surface area contributed by atoms with Crippen molar-refractivity contribution in [2.75, 3.05) is 6.54 Å². The van der Waals surface area contributed by atoms with Crippen LogP contribution in [-0.4, -0.2) is 23.3 Å². The Hall–Kier alpha value is -1.94. The molecule has 1 aliphatic carbocycles. The number of likely N-dealkylation sites (tertiary alicyclic amines) is 1. The van der Waals surface area contributed by atoms with Crippen LogP contribution < -0.4 is 5.73 Å². The number of benzene rings is 1. The second-order valence-corrected chi connectivity index (χ2v) is 5.46. The van der Waals surface area contributed by atoms with Crippen LogP contribution in [0.5, 0.6) is 0 Å². The molecule has 0 saturated carbocycles. The number of imide groups is 1. The zero-order valence-electron chi connectivity index (χ0n) is 11.2. The van der Waals surface area contributed by atoms with E-state index in [0.29, 0.717) is 12.8 Å². The standard InChI is InChI=1S/C16H18N2O2/c17-14(11-6-2-1-3-7-11)10-18-15(19)12-8-4-5-9-13(12)16(18)20/h1-7,12-14H,8-10,17H2. The quantitative estimate of drug-likeness (QED) is 0.671. The van der Waals surface area contributed by atoms with Crippen molar-refractivity contribution in [3.8, 4) is 0 Å². The lowest BCUT2D eigenvalue weighted by molar-refractivity contribution is -0.140. The summed E-state index contributed by atoms with van der Waals surface area (Å²) in [5.74, 6) is -0.461. The fourth-order valence-corrected chi connectivity index (χ4v) is 3.05. The Morgan fingerprint density at radius 1 is 1.05 bits per heavy atom. The molecule has 1 heterocycles. The fourth-order valence-electron chi connectivity index (χ4n) is 3.05. The lowest BCUT2D eigenvalue weighted by atomic mass is 9.85. The Balaban J connectivity index is 1.75. The number of allylic oxidation sites excluding steroid dienone is 2. The van der Waals surface area contributed by atoms with Gasteiger partial charge in [-0.2, -0.15) is 0 Å². The first kappa shape index (κ1) is 13.1. The number of fused-ring (bicyclic) bond motifs is 1. The van der Waals surface area contributed by atoms with E-state index in [0.717, 1.165) is 5.56 Å². The minimum Gasteiger partial charge on any atom is -0.322 e. The maximum atomic E-state index is 12.3. The number of hydrogen-bond donors (Lipinski definition) is 1. The van der Waals surface area contributed by atoms with Crippen LogP contribution in [0, 0.1) is 11.8 Å². The molecule has 2 amide bonds. The lowest BCUT2D eigenvalue weighted by Gasteiger charge is -2.20. The third kappa shape index (κ3) is 2.16. The van der Waals surface area contributed by atoms with Gasteiger partial charge in [-0.05, 0) is 18.4 Å². The van der Waals surface area contributed by atoms with Crippen LogP contribution in [0.2, 0.25) is 0 Å². The molecular weight excluding hydrogens is 252 g/mol. The van der Waals surface area contributed by atoms with Gasteiger partial charge in [-0.3, -0.25) is 14.5 Å². The maximum Gasteiger partial charge on any atom is 0.233 e. The predicted molar refractivity (Wildman–Crippen MR) is 75.4 cm³/mol. The number of hydrogen-bond acceptors (Lipinski definition) is 3. The van der Waals surface area contributed by atoms with Crippen molar-refractivity contribution in [1.29, 1.82) is 0 Å². The molecule has 0 bridgehead atoms. The van der Waals surface area contributed by atoms with Gasteiger partial charge in [-0.25, -0.2) is 0 Å². The van der Waals surface area contributed by atoms with Crippen LogP contribution in [0.4, 0.5) is 0 Å². The highest BCUT2D eigenvalue weighted by Crippen LogP contribution is 2.35. The monoisotopic (exact) mass is 270 g/mol. The number of nitrogens with zero attached hydrogens (tertiary/aromatic N) is 1. The van der Waals surface area contributed by atoms with Crippen LogP contribution in [0.15, 0.2) is 42.5 Å². The van der Waals surface area contributed by atoms with E-state index < -0.39 is 0 Å². The zero-order chi connectivity index (χ0) is 14.1. The Kier molecular flexibility index (Phi) is 3.40. The van der Waals surface area contributed by atoms with Gasteiger partial charge in [0.15, 0.2) is 0 Å². The number of carbonyl (C=O) groups is 2. The molecule has 1 aromatic carbocycles. The number of rotatable bonds is 3. The molecule has 20 heavy (non-hydrogen) atoms. The summed E-state index contributed by atoms with van der Waals surface area (Å²) in [6, 6.07) is 9.26. The average Bonchev–Trinajstić information content (AvgIpc) is 2.74. The van der Waals surface area contributed by atoms with Crippen molar-refractivity contribution in [1.82, 2.24) is 4.90 Å². The summed E-state index contributed by atoms with van der Waals surface area (Å²) in [5.41, 5.74) is 7.07. The highest BCUT2D eigenvalue weighted by molar-refractivity contribution is 6.05. The van der Waals surface area contributed by atoms with Gasteiger partial charge in [0.2, 0.25) is 11.8 Å². The first-order chi connectivity index (χ1) is 9.68. The third-order valence-electron chi connectivity index (χ3n) is 4.21. The molecule has 104 valence electrons. The van der Waals surface area contributed by atoms with E-state index in [1.54, 1.807) is 0 Å². The molecule has 2 aliphatic rings. The van der Waals surface area contributed by atoms with Crippen LogP contribution in [-0.2, 0) is 9.59 Å². The van der Waals surface area contributed by atoms with Crippen molar-refractivity contribution >= 4 is 11.8 Å². The van der Waals surface area contributed by atoms with Crippen molar-refractivity contribution < 1.29 is 9.59 Å². The molecule has 1 aromatic rings. The topological polar surface area (TPSA) is 63.4 Å². The highest BCUT2D eigenvalue weighted by atomic mass is 16.2. The van der Waals surface area contributed by atoms with E-state index in [4.69, 9.17) is 5.73 Å². The van der Waals surface area contributed by atoms with E-state index in [1.165, 1.54) is 4.90 Å². The molecule has 1 aliphatic heterocycles. The first-order valence-corrected chi connectivity index (χ1v) is 6.99. The molecule has 0 radical (unpaired) electrons. The minimum absolute atomic E-state index is 0.0595. The summed E-state index contributed by atoms with van der Waals surface area (Å²) in [5, 5.41) is 0. The molecule has 3 unspecified atom stereocenters. The molecule has 2 N–H and O–H groups in total. The van der Waals surface area contributed by atoms with Gasteiger partial charge < -0.3 is 5.73 Å². The van der Waals surface area contributed by atoms with Gasteiger partial charge in [0, 0.05) is 12.6 Å². The number of nitrogens with two attached hydrogens (primary N) is 1. The Labute approximate surface area is 118 Å². The van der Waals surface area contributed by atoms with E-state index in [9.17, 15) is 9.59 Å². The Morgan fingerprint density at radius 3 is 2.15 bits per heavy atom. The normalized spacial score (nSPS) is 26.8. The smallest absolute Gasteiger partial charge is 0.233 e. The van der Waals surface area contributed by atoms with Gasteiger partial charge in [0.1, 0.15) is 0 Å². The van der Waals surface area contributed by atoms with Gasteiger partial charge in [-0.15, -0.1) is 0 Å². The molecule has 4 heteroatoms. The van der Waals surface area contributed by atoms with Crippen molar-refractivity contribution in [3.63, 3.8) is 0 Å². The van der Waals surface area contributed by atoms with Gasteiger partial charge in [0.05, 0.1) is 11.8 Å². The maximum absolute atomic E-state index is 12.3. The van der Waals surface area contributed by atoms with Gasteiger partial charge >= 0.3 is 0 Å². The summed E-state index contributed by atoms with van der Waals surface area (Å²) >= 11 is 0. The van der Waals surface area contributed by atoms with E-state index in [2.05, 4.69) is 0 Å². The number of carbonyl (C=O) groups excluding carboxylic acids is 2. The molecule has 3 atom stereocenters. The fraction of sp³-hybridized carbons (Fsp3) is 0.375. The lowest BCUT2D eigenvalue weighted by Crippen LogP contribution is -2.37. The highest BCUT2D eigenvalue weighted by Gasteiger charge is 2.47. The average molecular weight is 270 g/mol. The summed E-state index contributed by atoms with van der Waals surface area (Å²) in [7, 11) is 0. The molecule has 3 rings (SSSR count). The first-order valence-electron chi connectivity index (χ1n) is 6.99. The second-order valence-electron chi connectivity index (χ2n) is 5.46. The van der Waals surface area contributed by atoms with Crippen molar-refractivity contribution in [2.24, 2.45) is 17.6 Å². The van der Waals surface area contributed by atoms with Crippen LogP contribution in [0.25, 0.3) is 0 Å². The molecule has 0 aromatic heterocycles. The van der Waals surface area contributed by atoms with E-state index in [-0.39, 0.29) is 36.2 Å². The SMILES string of the molecule is NC(CN1C(=O)C2CC=CCC2C1=O)c1ccccc1. The Bertz CT molecular complexity index is 527. The second kappa shape index (κ2) is 5.21. The van der Waals surface area contributed by atoms with Crippen molar-refractivity contribution in [3.05, 3.63) is 48.0 Å². The number of amides is 2. The summed E-state index contributed by atoms with van der Waals surface area (Å²) in [6.45, 7) is 0.272. The molecular formula is C16H18N2O2. The van der Waals surface area contributed by atoms with E-state index in [1.807, 2.05) is 42.5 Å². The summed E-state index contributed by atoms with van der Waals surface area (Å²) in [6.07, 6.45) is 5.33. The molecule has 0 spiro atoms. The largest absolute Gasteiger partial charge is 0.322 e. The van der Waals surface area contributed by atoms with Gasteiger partial charge in [0.25, 0.3) is 0 Å². The van der Waals surface area contributed by atoms with Crippen LogP contribution >= 0.6 is 0 Å². The summed E-state index contributed by atoms with van der Waals surface area (Å²) in [4.78, 5) is 26.0. The molecule has 1 saturated heterocycles. The zero-order valence-corrected chi connectivity index (χ0v) is 11.2. The van der Waals surface area contributed by atoms with Gasteiger partial charge in [-0.1, -0.05) is 42.5 Å². The van der Waals surface area contributed by atoms with Crippen LogP contribution in [0.1, 0.15) is 24.4 Å². The molecule has 1 fully saturated rings.